The summed E-state index contributed by atoms with van der Waals surface area (Å²) in [5, 5.41) is 6.95. The van der Waals surface area contributed by atoms with E-state index in [1.165, 1.54) is 51.4 Å². The number of hydrogen-bond acceptors (Lipinski definition) is 3. The molecule has 1 unspecified atom stereocenters. The molecule has 1 atom stereocenters. The number of hydrogen-bond donors (Lipinski definition) is 2. The van der Waals surface area contributed by atoms with Crippen LogP contribution in [-0.2, 0) is 9.53 Å². The summed E-state index contributed by atoms with van der Waals surface area (Å²) in [6.07, 6.45) is 11.5. The highest BCUT2D eigenvalue weighted by Crippen LogP contribution is 2.30. The summed E-state index contributed by atoms with van der Waals surface area (Å²) in [4.78, 5) is 18.0. The number of carbonyl (C=O) groups excluding carboxylic acids is 1. The molecule has 150 valence electrons. The fourth-order valence-corrected chi connectivity index (χ4v) is 4.04. The number of nitrogens with one attached hydrogen (secondary N) is 2. The van der Waals surface area contributed by atoms with Crippen LogP contribution >= 0.6 is 0 Å². The third-order valence-electron chi connectivity index (χ3n) is 5.59. The maximum absolute atomic E-state index is 11.9. The molecule has 0 aromatic rings. The van der Waals surface area contributed by atoms with Crippen molar-refractivity contribution >= 4 is 11.9 Å². The Balaban J connectivity index is 1.85. The van der Waals surface area contributed by atoms with Gasteiger partial charge in [0.05, 0.1) is 6.10 Å². The van der Waals surface area contributed by atoms with Crippen LogP contribution in [0.4, 0.5) is 0 Å². The van der Waals surface area contributed by atoms with Crippen LogP contribution in [0.2, 0.25) is 0 Å². The average Bonchev–Trinajstić information content (AvgIpc) is 3.32. The van der Waals surface area contributed by atoms with E-state index in [0.29, 0.717) is 18.1 Å². The standard InChI is InChI=1S/C20H38N4O2/c1-4-26-18(16-9-5-6-10-16)13-14-21-20(22-15-19(25)24(2)3)23-17-11-7-8-12-17/h16-18H,4-15H2,1-3H3,(H2,21,22,23). The van der Waals surface area contributed by atoms with E-state index in [2.05, 4.69) is 22.5 Å². The van der Waals surface area contributed by atoms with Gasteiger partial charge < -0.3 is 20.3 Å². The predicted octanol–water partition coefficient (Wildman–Crippen LogP) is 2.54. The van der Waals surface area contributed by atoms with Gasteiger partial charge in [0.1, 0.15) is 6.54 Å². The number of ether oxygens (including phenoxy) is 1. The van der Waals surface area contributed by atoms with Crippen LogP contribution in [0.1, 0.15) is 64.7 Å². The first-order valence-corrected chi connectivity index (χ1v) is 10.5. The van der Waals surface area contributed by atoms with E-state index in [-0.39, 0.29) is 12.5 Å². The molecular weight excluding hydrogens is 328 g/mol. The van der Waals surface area contributed by atoms with Crippen molar-refractivity contribution in [2.24, 2.45) is 10.9 Å². The van der Waals surface area contributed by atoms with Gasteiger partial charge in [-0.25, -0.2) is 4.99 Å². The topological polar surface area (TPSA) is 66.0 Å². The van der Waals surface area contributed by atoms with Gasteiger partial charge in [0.15, 0.2) is 5.96 Å². The molecule has 6 heteroatoms. The third-order valence-corrected chi connectivity index (χ3v) is 5.59. The lowest BCUT2D eigenvalue weighted by Crippen LogP contribution is -2.44. The van der Waals surface area contributed by atoms with Crippen molar-refractivity contribution < 1.29 is 9.53 Å². The number of guanidine groups is 1. The minimum Gasteiger partial charge on any atom is -0.378 e. The molecule has 0 aliphatic heterocycles. The first kappa shape index (κ1) is 21.0. The zero-order valence-electron chi connectivity index (χ0n) is 16.9. The SMILES string of the molecule is CCOC(CCNC(=NCC(=O)N(C)C)NC1CCCC1)C1CCCC1. The van der Waals surface area contributed by atoms with E-state index < -0.39 is 0 Å². The largest absolute Gasteiger partial charge is 0.378 e. The van der Waals surface area contributed by atoms with Crippen molar-refractivity contribution in [1.82, 2.24) is 15.5 Å². The van der Waals surface area contributed by atoms with Gasteiger partial charge in [0, 0.05) is 33.3 Å². The molecule has 0 aromatic carbocycles. The van der Waals surface area contributed by atoms with Gasteiger partial charge >= 0.3 is 0 Å². The fourth-order valence-electron chi connectivity index (χ4n) is 4.04. The third kappa shape index (κ3) is 7.14. The highest BCUT2D eigenvalue weighted by molar-refractivity contribution is 5.84. The summed E-state index contributed by atoms with van der Waals surface area (Å²) in [6.45, 7) is 3.87. The quantitative estimate of drug-likeness (QED) is 0.486. The van der Waals surface area contributed by atoms with E-state index in [0.717, 1.165) is 25.5 Å². The lowest BCUT2D eigenvalue weighted by Gasteiger charge is -2.24. The normalized spacial score (nSPS) is 20.3. The number of aliphatic imine (C=N–C) groups is 1. The number of likely N-dealkylation sites (N-methyl/N-ethyl adjacent to an activating group) is 1. The van der Waals surface area contributed by atoms with E-state index in [1.807, 2.05) is 0 Å². The zero-order chi connectivity index (χ0) is 18.8. The van der Waals surface area contributed by atoms with Crippen LogP contribution in [0.5, 0.6) is 0 Å². The lowest BCUT2D eigenvalue weighted by atomic mass is 9.98. The number of amides is 1. The average molecular weight is 367 g/mol. The van der Waals surface area contributed by atoms with Crippen LogP contribution in [0.25, 0.3) is 0 Å². The highest BCUT2D eigenvalue weighted by atomic mass is 16.5. The van der Waals surface area contributed by atoms with Gasteiger partial charge in [-0.05, 0) is 44.9 Å². The van der Waals surface area contributed by atoms with Gasteiger partial charge in [-0.15, -0.1) is 0 Å². The minimum absolute atomic E-state index is 0.0238. The molecule has 0 heterocycles. The summed E-state index contributed by atoms with van der Waals surface area (Å²) in [5.74, 6) is 1.50. The van der Waals surface area contributed by atoms with E-state index in [4.69, 9.17) is 4.74 Å². The molecule has 0 bridgehead atoms. The Labute approximate surface area is 159 Å². The van der Waals surface area contributed by atoms with Crippen LogP contribution < -0.4 is 10.6 Å². The molecular formula is C20H38N4O2. The molecule has 2 saturated carbocycles. The zero-order valence-corrected chi connectivity index (χ0v) is 16.9. The Hall–Kier alpha value is -1.30. The van der Waals surface area contributed by atoms with Crippen LogP contribution in [0.15, 0.2) is 4.99 Å². The molecule has 6 nitrogen and oxygen atoms in total. The van der Waals surface area contributed by atoms with Gasteiger partial charge in [-0.2, -0.15) is 0 Å². The minimum atomic E-state index is 0.0238. The van der Waals surface area contributed by atoms with Crippen molar-refractivity contribution in [3.63, 3.8) is 0 Å². The molecule has 2 aliphatic rings. The van der Waals surface area contributed by atoms with Crippen LogP contribution in [0.3, 0.4) is 0 Å². The summed E-state index contributed by atoms with van der Waals surface area (Å²) in [7, 11) is 3.53. The van der Waals surface area contributed by atoms with Gasteiger partial charge in [-0.1, -0.05) is 25.7 Å². The van der Waals surface area contributed by atoms with Crippen molar-refractivity contribution in [1.29, 1.82) is 0 Å². The number of rotatable bonds is 9. The molecule has 1 amide bonds. The lowest BCUT2D eigenvalue weighted by molar-refractivity contribution is -0.127. The maximum Gasteiger partial charge on any atom is 0.243 e. The second-order valence-electron chi connectivity index (χ2n) is 7.83. The Morgan fingerprint density at radius 2 is 1.81 bits per heavy atom. The first-order valence-electron chi connectivity index (χ1n) is 10.5. The Morgan fingerprint density at radius 3 is 2.42 bits per heavy atom. The smallest absolute Gasteiger partial charge is 0.243 e. The highest BCUT2D eigenvalue weighted by Gasteiger charge is 2.25. The van der Waals surface area contributed by atoms with Crippen molar-refractivity contribution in [3.8, 4) is 0 Å². The van der Waals surface area contributed by atoms with E-state index >= 15 is 0 Å². The first-order chi connectivity index (χ1) is 12.6. The Bertz CT molecular complexity index is 441. The second kappa shape index (κ2) is 11.4. The summed E-state index contributed by atoms with van der Waals surface area (Å²) < 4.78 is 6.01. The van der Waals surface area contributed by atoms with Crippen LogP contribution in [0, 0.1) is 5.92 Å². The molecule has 0 saturated heterocycles. The van der Waals surface area contributed by atoms with E-state index in [1.54, 1.807) is 19.0 Å². The molecule has 26 heavy (non-hydrogen) atoms. The van der Waals surface area contributed by atoms with Crippen LogP contribution in [-0.4, -0.2) is 62.7 Å². The van der Waals surface area contributed by atoms with Crippen molar-refractivity contribution in [2.75, 3.05) is 33.8 Å². The second-order valence-corrected chi connectivity index (χ2v) is 7.83. The summed E-state index contributed by atoms with van der Waals surface area (Å²) >= 11 is 0. The molecule has 2 rings (SSSR count). The molecule has 2 aliphatic carbocycles. The number of carbonyl (C=O) groups is 1. The Morgan fingerprint density at radius 1 is 1.15 bits per heavy atom. The summed E-state index contributed by atoms with van der Waals surface area (Å²) in [6, 6.07) is 0.480. The fraction of sp³-hybridized carbons (Fsp3) is 0.900. The van der Waals surface area contributed by atoms with Gasteiger partial charge in [0.2, 0.25) is 5.91 Å². The molecule has 2 N–H and O–H groups in total. The molecule has 0 radical (unpaired) electrons. The Kier molecular flexibility index (Phi) is 9.23. The maximum atomic E-state index is 11.9. The molecule has 0 spiro atoms. The molecule has 2 fully saturated rings. The van der Waals surface area contributed by atoms with E-state index in [9.17, 15) is 4.79 Å². The van der Waals surface area contributed by atoms with Gasteiger partial charge in [0.25, 0.3) is 0 Å². The molecule has 0 aromatic heterocycles. The van der Waals surface area contributed by atoms with Crippen molar-refractivity contribution in [2.45, 2.75) is 76.9 Å². The summed E-state index contributed by atoms with van der Waals surface area (Å²) in [5.41, 5.74) is 0. The van der Waals surface area contributed by atoms with Crippen molar-refractivity contribution in [3.05, 3.63) is 0 Å². The van der Waals surface area contributed by atoms with Gasteiger partial charge in [-0.3, -0.25) is 4.79 Å². The monoisotopic (exact) mass is 366 g/mol. The number of nitrogens with zero attached hydrogens (tertiary/aromatic N) is 2. The predicted molar refractivity (Wildman–Crippen MR) is 106 cm³/mol.